The van der Waals surface area contributed by atoms with Crippen LogP contribution in [0.15, 0.2) is 24.3 Å². The summed E-state index contributed by atoms with van der Waals surface area (Å²) >= 11 is 0. The van der Waals surface area contributed by atoms with Crippen molar-refractivity contribution in [1.82, 2.24) is 5.32 Å². The first-order chi connectivity index (χ1) is 9.81. The maximum atomic E-state index is 11.7. The molecule has 0 bridgehead atoms. The fraction of sp³-hybridized carbons (Fsp3) is 0.429. The van der Waals surface area contributed by atoms with Crippen LogP contribution in [0.5, 0.6) is 0 Å². The van der Waals surface area contributed by atoms with Crippen molar-refractivity contribution in [3.63, 3.8) is 0 Å². The molecule has 21 heavy (non-hydrogen) atoms. The molecule has 7 nitrogen and oxygen atoms in total. The van der Waals surface area contributed by atoms with Crippen LogP contribution in [0.2, 0.25) is 0 Å². The molecular weight excluding hydrogens is 276 g/mol. The minimum atomic E-state index is -1.08. The van der Waals surface area contributed by atoms with Gasteiger partial charge in [-0.3, -0.25) is 14.9 Å². The standard InChI is InChI=1S/C14H18N2O5/c1-9(2)13(14(18)19)15-12(17)7-6-10-4-3-5-11(8-10)16(20)21/h3-5,8-9,13H,6-7H2,1-2H3,(H,15,17)(H,18,19). The molecule has 0 radical (unpaired) electrons. The lowest BCUT2D eigenvalue weighted by molar-refractivity contribution is -0.384. The summed E-state index contributed by atoms with van der Waals surface area (Å²) in [5.41, 5.74) is 0.634. The minimum Gasteiger partial charge on any atom is -0.480 e. The van der Waals surface area contributed by atoms with Crippen molar-refractivity contribution in [1.29, 1.82) is 0 Å². The second-order valence-corrected chi connectivity index (χ2v) is 5.05. The summed E-state index contributed by atoms with van der Waals surface area (Å²) in [7, 11) is 0. The molecule has 0 aliphatic carbocycles. The van der Waals surface area contributed by atoms with E-state index in [1.54, 1.807) is 26.0 Å². The highest BCUT2D eigenvalue weighted by Gasteiger charge is 2.23. The molecule has 0 aromatic heterocycles. The van der Waals surface area contributed by atoms with Crippen molar-refractivity contribution < 1.29 is 19.6 Å². The molecule has 1 amide bonds. The van der Waals surface area contributed by atoms with E-state index in [1.165, 1.54) is 12.1 Å². The lowest BCUT2D eigenvalue weighted by atomic mass is 10.0. The molecule has 1 unspecified atom stereocenters. The van der Waals surface area contributed by atoms with E-state index in [-0.39, 0.29) is 23.9 Å². The lowest BCUT2D eigenvalue weighted by Gasteiger charge is -2.17. The van der Waals surface area contributed by atoms with Gasteiger partial charge in [0.05, 0.1) is 4.92 Å². The maximum absolute atomic E-state index is 11.7. The zero-order valence-electron chi connectivity index (χ0n) is 11.9. The van der Waals surface area contributed by atoms with Crippen molar-refractivity contribution in [3.8, 4) is 0 Å². The second kappa shape index (κ2) is 7.37. The summed E-state index contributed by atoms with van der Waals surface area (Å²) < 4.78 is 0. The average Bonchev–Trinajstić information content (AvgIpc) is 2.42. The first-order valence-corrected chi connectivity index (χ1v) is 6.56. The van der Waals surface area contributed by atoms with Gasteiger partial charge in [-0.1, -0.05) is 26.0 Å². The first kappa shape index (κ1) is 16.6. The largest absolute Gasteiger partial charge is 0.480 e. The molecule has 1 rings (SSSR count). The fourth-order valence-electron chi connectivity index (χ4n) is 1.84. The molecule has 1 atom stereocenters. The van der Waals surface area contributed by atoms with Gasteiger partial charge in [0.2, 0.25) is 5.91 Å². The van der Waals surface area contributed by atoms with Gasteiger partial charge in [0.15, 0.2) is 0 Å². The molecule has 0 aliphatic rings. The number of non-ortho nitro benzene ring substituents is 1. The number of nitro benzene ring substituents is 1. The average molecular weight is 294 g/mol. The Labute approximate surface area is 122 Å². The number of carbonyl (C=O) groups is 2. The number of carboxylic acids is 1. The molecule has 0 aliphatic heterocycles. The van der Waals surface area contributed by atoms with Gasteiger partial charge in [-0.2, -0.15) is 0 Å². The van der Waals surface area contributed by atoms with Crippen molar-refractivity contribution >= 4 is 17.6 Å². The van der Waals surface area contributed by atoms with E-state index in [0.717, 1.165) is 0 Å². The number of rotatable bonds is 7. The van der Waals surface area contributed by atoms with Gasteiger partial charge >= 0.3 is 5.97 Å². The number of nitro groups is 1. The third-order valence-corrected chi connectivity index (χ3v) is 3.01. The summed E-state index contributed by atoms with van der Waals surface area (Å²) in [5.74, 6) is -1.68. The van der Waals surface area contributed by atoms with E-state index >= 15 is 0 Å². The highest BCUT2D eigenvalue weighted by molar-refractivity contribution is 5.83. The van der Waals surface area contributed by atoms with E-state index in [9.17, 15) is 19.7 Å². The Morgan fingerprint density at radius 1 is 1.38 bits per heavy atom. The topological polar surface area (TPSA) is 110 Å². The second-order valence-electron chi connectivity index (χ2n) is 5.05. The summed E-state index contributed by atoms with van der Waals surface area (Å²) in [5, 5.41) is 22.1. The highest BCUT2D eigenvalue weighted by atomic mass is 16.6. The van der Waals surface area contributed by atoms with Gasteiger partial charge in [-0.05, 0) is 17.9 Å². The van der Waals surface area contributed by atoms with Crippen molar-refractivity contribution in [2.24, 2.45) is 5.92 Å². The van der Waals surface area contributed by atoms with E-state index in [4.69, 9.17) is 5.11 Å². The van der Waals surface area contributed by atoms with Crippen LogP contribution < -0.4 is 5.32 Å². The predicted molar refractivity (Wildman–Crippen MR) is 75.8 cm³/mol. The van der Waals surface area contributed by atoms with Crippen LogP contribution in [0.4, 0.5) is 5.69 Å². The molecule has 0 fully saturated rings. The Balaban J connectivity index is 2.58. The number of carbonyl (C=O) groups excluding carboxylic acids is 1. The SMILES string of the molecule is CC(C)C(NC(=O)CCc1cccc([N+](=O)[O-])c1)C(=O)O. The highest BCUT2D eigenvalue weighted by Crippen LogP contribution is 2.14. The molecule has 0 heterocycles. The van der Waals surface area contributed by atoms with E-state index in [0.29, 0.717) is 12.0 Å². The van der Waals surface area contributed by atoms with Crippen LogP contribution in [-0.4, -0.2) is 27.9 Å². The summed E-state index contributed by atoms with van der Waals surface area (Å²) in [6.45, 7) is 3.42. The van der Waals surface area contributed by atoms with Crippen LogP contribution in [0, 0.1) is 16.0 Å². The van der Waals surface area contributed by atoms with Crippen LogP contribution in [0.1, 0.15) is 25.8 Å². The third-order valence-electron chi connectivity index (χ3n) is 3.01. The summed E-state index contributed by atoms with van der Waals surface area (Å²) in [6.07, 6.45) is 0.398. The van der Waals surface area contributed by atoms with Crippen molar-refractivity contribution in [2.75, 3.05) is 0 Å². The Kier molecular flexibility index (Phi) is 5.83. The quantitative estimate of drug-likeness (QED) is 0.588. The summed E-state index contributed by atoms with van der Waals surface area (Å²) in [4.78, 5) is 32.9. The van der Waals surface area contributed by atoms with E-state index in [2.05, 4.69) is 5.32 Å². The molecule has 0 spiro atoms. The van der Waals surface area contributed by atoms with Crippen LogP contribution in [-0.2, 0) is 16.0 Å². The maximum Gasteiger partial charge on any atom is 0.326 e. The number of hydrogen-bond donors (Lipinski definition) is 2. The Morgan fingerprint density at radius 3 is 2.57 bits per heavy atom. The molecule has 114 valence electrons. The predicted octanol–water partition coefficient (Wildman–Crippen LogP) is 1.75. The number of carboxylic acid groups (broad SMARTS) is 1. The molecule has 0 saturated heterocycles. The third kappa shape index (κ3) is 5.21. The van der Waals surface area contributed by atoms with Crippen LogP contribution in [0.25, 0.3) is 0 Å². The normalized spacial score (nSPS) is 12.0. The van der Waals surface area contributed by atoms with E-state index in [1.807, 2.05) is 0 Å². The van der Waals surface area contributed by atoms with Crippen molar-refractivity contribution in [3.05, 3.63) is 39.9 Å². The van der Waals surface area contributed by atoms with Crippen LogP contribution in [0.3, 0.4) is 0 Å². The molecule has 7 heteroatoms. The van der Waals surface area contributed by atoms with Crippen LogP contribution >= 0.6 is 0 Å². The number of nitrogens with zero attached hydrogens (tertiary/aromatic N) is 1. The monoisotopic (exact) mass is 294 g/mol. The van der Waals surface area contributed by atoms with Gasteiger partial charge in [-0.25, -0.2) is 4.79 Å². The molecule has 0 saturated carbocycles. The number of nitrogens with one attached hydrogen (secondary N) is 1. The van der Waals surface area contributed by atoms with E-state index < -0.39 is 16.9 Å². The van der Waals surface area contributed by atoms with Gasteiger partial charge in [-0.15, -0.1) is 0 Å². The molecule has 1 aromatic carbocycles. The first-order valence-electron chi connectivity index (χ1n) is 6.56. The zero-order valence-corrected chi connectivity index (χ0v) is 11.9. The van der Waals surface area contributed by atoms with Gasteiger partial charge < -0.3 is 10.4 Å². The number of benzene rings is 1. The Bertz CT molecular complexity index is 542. The Hall–Kier alpha value is -2.44. The number of aliphatic carboxylic acids is 1. The number of aryl methyl sites for hydroxylation is 1. The number of amides is 1. The summed E-state index contributed by atoms with van der Waals surface area (Å²) in [6, 6.07) is 5.10. The smallest absolute Gasteiger partial charge is 0.326 e. The molecule has 1 aromatic rings. The van der Waals surface area contributed by atoms with Gasteiger partial charge in [0.1, 0.15) is 6.04 Å². The van der Waals surface area contributed by atoms with Gasteiger partial charge in [0, 0.05) is 18.6 Å². The minimum absolute atomic E-state index is 0.0292. The van der Waals surface area contributed by atoms with Crippen molar-refractivity contribution in [2.45, 2.75) is 32.7 Å². The molecule has 2 N–H and O–H groups in total. The zero-order chi connectivity index (χ0) is 16.0. The molecular formula is C14H18N2O5. The van der Waals surface area contributed by atoms with Gasteiger partial charge in [0.25, 0.3) is 5.69 Å². The lowest BCUT2D eigenvalue weighted by Crippen LogP contribution is -2.44. The fourth-order valence-corrected chi connectivity index (χ4v) is 1.84. The number of hydrogen-bond acceptors (Lipinski definition) is 4. The Morgan fingerprint density at radius 2 is 2.05 bits per heavy atom.